The Morgan fingerprint density at radius 1 is 0.477 bits per heavy atom. The predicted octanol–water partition coefficient (Wildman–Crippen LogP) is -11.8. The first kappa shape index (κ1) is 51.7. The van der Waals surface area contributed by atoms with Gasteiger partial charge in [0.25, 0.3) is 0 Å². The van der Waals surface area contributed by atoms with Gasteiger partial charge in [0.1, 0.15) is 18.0 Å². The highest BCUT2D eigenvalue weighted by Gasteiger charge is 2.06. The van der Waals surface area contributed by atoms with Crippen LogP contribution in [0.3, 0.4) is 0 Å². The third-order valence-corrected chi connectivity index (χ3v) is 4.03. The van der Waals surface area contributed by atoms with Gasteiger partial charge in [-0.3, -0.25) is 9.59 Å². The standard InChI is InChI=1S/C6H11NO4.C6H8O5.C5H9NO4.C5H6O5.2CH4/c2*7-4(6(10)11)2-1-3-5(8)9;2*6-3(5(9)10)1-2-4(7)8;;/h4H,1-3,7H2,(H,8,9)(H,10,11);1-3H2,(H,8,9)(H,10,11);3H,1-2,6H2,(H,7,8)(H,9,10);1-2H2,(H,7,8)(H,9,10);2*1H4/p-7/t4-;;;;;/m0...../s1. The molecule has 0 aromatic heterocycles. The van der Waals surface area contributed by atoms with Crippen molar-refractivity contribution in [2.24, 2.45) is 5.73 Å². The molecule has 44 heavy (non-hydrogen) atoms. The number of carboxylic acids is 8. The molecular weight excluding hydrogens is 604 g/mol. The fourth-order valence-corrected chi connectivity index (χ4v) is 1.81. The smallest absolute Gasteiger partial charge is 0.178 e. The first-order valence-corrected chi connectivity index (χ1v) is 11.4. The second kappa shape index (κ2) is 31.0. The van der Waals surface area contributed by atoms with E-state index in [1.54, 1.807) is 0 Å². The van der Waals surface area contributed by atoms with Gasteiger partial charge in [-0.05, 0) is 44.9 Å². The fraction of sp³-hybridized carbons (Fsp3) is 0.583. The molecule has 20 nitrogen and oxygen atoms in total. The second-order valence-corrected chi connectivity index (χ2v) is 7.64. The van der Waals surface area contributed by atoms with Crippen LogP contribution in [0.2, 0.25) is 0 Å². The largest absolute Gasteiger partial charge is 0.550 e. The Balaban J connectivity index is -0.000000108. The third-order valence-electron chi connectivity index (χ3n) is 4.03. The Hall–Kier alpha value is -4.98. The van der Waals surface area contributed by atoms with Crippen LogP contribution in [-0.4, -0.2) is 71.4 Å². The molecular formula is C24H35N2O18-7. The maximum Gasteiger partial charge on any atom is 0.178 e. The molecule has 1 unspecified atom stereocenters. The van der Waals surface area contributed by atoms with E-state index in [-0.39, 0.29) is 66.2 Å². The number of rotatable bonds is 18. The lowest BCUT2D eigenvalue weighted by Crippen LogP contribution is -2.68. The van der Waals surface area contributed by atoms with Crippen molar-refractivity contribution in [1.82, 2.24) is 0 Å². The highest BCUT2D eigenvalue weighted by Crippen LogP contribution is 1.97. The van der Waals surface area contributed by atoms with Crippen LogP contribution in [-0.2, 0) is 47.9 Å². The molecule has 0 aromatic rings. The average Bonchev–Trinajstić information content (AvgIpc) is 2.85. The Morgan fingerprint density at radius 2 is 0.841 bits per heavy atom. The molecule has 0 aromatic carbocycles. The van der Waals surface area contributed by atoms with E-state index in [4.69, 9.17) is 5.73 Å². The lowest BCUT2D eigenvalue weighted by molar-refractivity contribution is -0.438. The summed E-state index contributed by atoms with van der Waals surface area (Å²) in [5, 5.41) is 78.3. The molecule has 0 fully saturated rings. The van der Waals surface area contributed by atoms with E-state index in [0.29, 0.717) is 0 Å². The summed E-state index contributed by atoms with van der Waals surface area (Å²) in [6.07, 6.45) is -1.95. The quantitative estimate of drug-likeness (QED) is 0.131. The summed E-state index contributed by atoms with van der Waals surface area (Å²) in [4.78, 5) is 98.7. The lowest BCUT2D eigenvalue weighted by atomic mass is 10.1. The van der Waals surface area contributed by atoms with Crippen LogP contribution in [0.5, 0.6) is 0 Å². The molecule has 0 bridgehead atoms. The number of carboxylic acid groups (broad SMARTS) is 8. The molecule has 0 rings (SSSR count). The van der Waals surface area contributed by atoms with Crippen molar-refractivity contribution in [3.63, 3.8) is 0 Å². The van der Waals surface area contributed by atoms with Crippen molar-refractivity contribution in [2.45, 2.75) is 91.1 Å². The number of quaternary nitrogens is 1. The van der Waals surface area contributed by atoms with Gasteiger partial charge in [-0.15, -0.1) is 0 Å². The first-order valence-electron chi connectivity index (χ1n) is 11.4. The summed E-state index contributed by atoms with van der Waals surface area (Å²) in [7, 11) is 0. The first-order chi connectivity index (χ1) is 19.1. The average molecular weight is 640 g/mol. The van der Waals surface area contributed by atoms with E-state index < -0.39 is 84.2 Å². The van der Waals surface area contributed by atoms with Crippen LogP contribution in [0.4, 0.5) is 0 Å². The van der Waals surface area contributed by atoms with Crippen LogP contribution in [0.25, 0.3) is 0 Å². The number of ketones is 2. The predicted molar refractivity (Wildman–Crippen MR) is 124 cm³/mol. The molecule has 2 atom stereocenters. The van der Waals surface area contributed by atoms with Crippen LogP contribution in [0, 0.1) is 0 Å². The monoisotopic (exact) mass is 639 g/mol. The van der Waals surface area contributed by atoms with E-state index in [1.807, 2.05) is 0 Å². The molecule has 0 spiro atoms. The number of hydrogen-bond acceptors (Lipinski definition) is 19. The molecule has 0 saturated heterocycles. The van der Waals surface area contributed by atoms with Crippen molar-refractivity contribution in [2.75, 3.05) is 0 Å². The van der Waals surface area contributed by atoms with Gasteiger partial charge in [0, 0.05) is 49.2 Å². The summed E-state index contributed by atoms with van der Waals surface area (Å²) in [5.74, 6) is -13.8. The second-order valence-electron chi connectivity index (χ2n) is 7.64. The van der Waals surface area contributed by atoms with Crippen LogP contribution < -0.4 is 52.3 Å². The van der Waals surface area contributed by atoms with Crippen molar-refractivity contribution in [3.05, 3.63) is 0 Å². The lowest BCUT2D eigenvalue weighted by Gasteiger charge is -2.11. The molecule has 0 aliphatic rings. The van der Waals surface area contributed by atoms with Crippen molar-refractivity contribution >= 4 is 59.3 Å². The maximum absolute atomic E-state index is 10.2. The van der Waals surface area contributed by atoms with Crippen LogP contribution in [0.1, 0.15) is 79.1 Å². The maximum atomic E-state index is 10.2. The molecule has 0 amide bonds. The molecule has 5 N–H and O–H groups in total. The van der Waals surface area contributed by atoms with Crippen molar-refractivity contribution < 1.29 is 94.5 Å². The van der Waals surface area contributed by atoms with Gasteiger partial charge in [-0.25, -0.2) is 0 Å². The molecule has 256 valence electrons. The Labute approximate surface area is 251 Å². The minimum Gasteiger partial charge on any atom is -0.550 e. The molecule has 0 radical (unpaired) electrons. The number of carbonyl (C=O) groups is 10. The SMILES string of the molecule is C.C.N[C@@H](CCCC(=O)[O-])C(=O)[O-].O=C([O-])CCC(=O)C(=O)[O-].O=C([O-])CCCC(=O)C(=O)[O-].[NH3+]C(CCC(=O)[O-])C(=O)[O-]. The summed E-state index contributed by atoms with van der Waals surface area (Å²) >= 11 is 0. The highest BCUT2D eigenvalue weighted by atomic mass is 16.4. The van der Waals surface area contributed by atoms with E-state index in [1.165, 1.54) is 0 Å². The minimum absolute atomic E-state index is 0. The van der Waals surface area contributed by atoms with E-state index >= 15 is 0 Å². The number of carbonyl (C=O) groups excluding carboxylic acids is 10. The zero-order chi connectivity index (χ0) is 34.0. The van der Waals surface area contributed by atoms with Crippen molar-refractivity contribution in [1.29, 1.82) is 0 Å². The van der Waals surface area contributed by atoms with Gasteiger partial charge >= 0.3 is 0 Å². The molecule has 0 heterocycles. The summed E-state index contributed by atoms with van der Waals surface area (Å²) in [6, 6.07) is -2.03. The van der Waals surface area contributed by atoms with Gasteiger partial charge < -0.3 is 90.7 Å². The van der Waals surface area contributed by atoms with Crippen molar-refractivity contribution in [3.8, 4) is 0 Å². The van der Waals surface area contributed by atoms with Gasteiger partial charge in [0.15, 0.2) is 11.6 Å². The van der Waals surface area contributed by atoms with Crippen LogP contribution in [0.15, 0.2) is 0 Å². The number of aliphatic carboxylic acids is 8. The fourth-order valence-electron chi connectivity index (χ4n) is 1.81. The number of hydrogen-bond donors (Lipinski definition) is 2. The van der Waals surface area contributed by atoms with E-state index in [2.05, 4.69) is 5.73 Å². The molecule has 20 heteroatoms. The highest BCUT2D eigenvalue weighted by molar-refractivity contribution is 6.32. The summed E-state index contributed by atoms with van der Waals surface area (Å²) in [6.45, 7) is 0. The van der Waals surface area contributed by atoms with E-state index in [9.17, 15) is 88.8 Å². The zero-order valence-corrected chi connectivity index (χ0v) is 21.9. The summed E-state index contributed by atoms with van der Waals surface area (Å²) in [5.41, 5.74) is 8.18. The Bertz CT molecular complexity index is 963. The molecule has 0 aliphatic heterocycles. The van der Waals surface area contributed by atoms with Crippen LogP contribution >= 0.6 is 0 Å². The zero-order valence-electron chi connectivity index (χ0n) is 21.9. The van der Waals surface area contributed by atoms with Gasteiger partial charge in [-0.2, -0.15) is 0 Å². The Kier molecular flexibility index (Phi) is 36.4. The Morgan fingerprint density at radius 3 is 1.16 bits per heavy atom. The van der Waals surface area contributed by atoms with Gasteiger partial charge in [-0.1, -0.05) is 14.9 Å². The third kappa shape index (κ3) is 44.1. The van der Waals surface area contributed by atoms with Gasteiger partial charge in [0.05, 0.1) is 11.9 Å². The normalized spacial score (nSPS) is 10.2. The topological polar surface area (TPSA) is 409 Å². The van der Waals surface area contributed by atoms with Gasteiger partial charge in [0.2, 0.25) is 0 Å². The molecule has 0 aliphatic carbocycles. The summed E-state index contributed by atoms with van der Waals surface area (Å²) < 4.78 is 0. The molecule has 0 saturated carbocycles. The minimum atomic E-state index is -1.86. The van der Waals surface area contributed by atoms with E-state index in [0.717, 1.165) is 0 Å². The number of nitrogens with two attached hydrogens (primary N) is 1. The number of Topliss-reactive ketones (excluding diaryl/α,β-unsaturated/α-hetero) is 2.